The predicted molar refractivity (Wildman–Crippen MR) is 69.4 cm³/mol. The summed E-state index contributed by atoms with van der Waals surface area (Å²) in [5.41, 5.74) is 2.47. The minimum absolute atomic E-state index is 0.0390. The summed E-state index contributed by atoms with van der Waals surface area (Å²) in [6.45, 7) is 1.35. The lowest BCUT2D eigenvalue weighted by molar-refractivity contribution is -0.130. The van der Waals surface area contributed by atoms with Gasteiger partial charge in [-0.3, -0.25) is 4.79 Å². The van der Waals surface area contributed by atoms with E-state index in [0.29, 0.717) is 11.8 Å². The number of aliphatic carboxylic acids is 1. The molecule has 0 heterocycles. The van der Waals surface area contributed by atoms with Gasteiger partial charge in [0.2, 0.25) is 5.91 Å². The van der Waals surface area contributed by atoms with E-state index in [9.17, 15) is 14.7 Å². The molecule has 0 saturated heterocycles. The number of carbonyl (C=O) groups excluding carboxylic acids is 1. The van der Waals surface area contributed by atoms with E-state index < -0.39 is 5.97 Å². The molecule has 0 radical (unpaired) electrons. The summed E-state index contributed by atoms with van der Waals surface area (Å²) in [6.07, 6.45) is 5.91. The summed E-state index contributed by atoms with van der Waals surface area (Å²) in [4.78, 5) is 22.4. The van der Waals surface area contributed by atoms with Crippen molar-refractivity contribution in [3.8, 4) is 0 Å². The number of hydrogen-bond donors (Lipinski definition) is 2. The monoisotopic (exact) mass is 264 g/mol. The van der Waals surface area contributed by atoms with E-state index in [4.69, 9.17) is 0 Å². The fourth-order valence-electron chi connectivity index (χ4n) is 4.78. The van der Waals surface area contributed by atoms with Gasteiger partial charge in [0, 0.05) is 12.8 Å². The van der Waals surface area contributed by atoms with E-state index in [1.807, 2.05) is 0 Å². The molecule has 1 amide bonds. The number of hydrogen-bond acceptors (Lipinski definition) is 3. The number of rotatable bonds is 3. The molecule has 4 aliphatic carbocycles. The zero-order valence-corrected chi connectivity index (χ0v) is 11.1. The van der Waals surface area contributed by atoms with Crippen molar-refractivity contribution in [2.45, 2.75) is 39.0 Å². The molecule has 19 heavy (non-hydrogen) atoms. The average molecular weight is 264 g/mol. The molecular weight excluding hydrogens is 244 g/mol. The SMILES string of the molecule is CC(=O)N/N=C(\C(=O)O)C1C2CC3CC(C2)CC1C3. The Morgan fingerprint density at radius 3 is 2.00 bits per heavy atom. The number of carboxylic acids is 1. The van der Waals surface area contributed by atoms with Crippen molar-refractivity contribution < 1.29 is 14.7 Å². The van der Waals surface area contributed by atoms with Gasteiger partial charge in [0.15, 0.2) is 0 Å². The third-order valence-electron chi connectivity index (χ3n) is 5.10. The lowest BCUT2D eigenvalue weighted by Gasteiger charge is -2.54. The van der Waals surface area contributed by atoms with Crippen LogP contribution in [0.1, 0.15) is 39.0 Å². The summed E-state index contributed by atoms with van der Waals surface area (Å²) in [5.74, 6) is 1.26. The van der Waals surface area contributed by atoms with Gasteiger partial charge in [0.1, 0.15) is 5.71 Å². The van der Waals surface area contributed by atoms with Crippen LogP contribution in [0.3, 0.4) is 0 Å². The standard InChI is InChI=1S/C14H20N2O3/c1-7(17)15-16-13(14(18)19)12-10-3-8-2-9(5-10)6-11(12)4-8/h8-12H,2-6H2,1H3,(H,15,17)(H,18,19)/b16-13-. The van der Waals surface area contributed by atoms with E-state index in [0.717, 1.165) is 37.5 Å². The number of carbonyl (C=O) groups is 2. The number of nitrogens with one attached hydrogen (secondary N) is 1. The first-order valence-corrected chi connectivity index (χ1v) is 7.12. The summed E-state index contributed by atoms with van der Waals surface area (Å²) in [7, 11) is 0. The Labute approximate surface area is 112 Å². The van der Waals surface area contributed by atoms with Crippen LogP contribution in [-0.4, -0.2) is 22.7 Å². The van der Waals surface area contributed by atoms with Gasteiger partial charge < -0.3 is 5.11 Å². The average Bonchev–Trinajstić information content (AvgIpc) is 2.30. The molecule has 2 N–H and O–H groups in total. The van der Waals surface area contributed by atoms with Gasteiger partial charge in [-0.25, -0.2) is 10.2 Å². The third kappa shape index (κ3) is 2.26. The Hall–Kier alpha value is -1.39. The summed E-state index contributed by atoms with van der Waals surface area (Å²) < 4.78 is 0. The van der Waals surface area contributed by atoms with Crippen molar-refractivity contribution in [1.82, 2.24) is 5.43 Å². The highest BCUT2D eigenvalue weighted by Gasteiger charge is 2.51. The van der Waals surface area contributed by atoms with E-state index in [1.54, 1.807) is 0 Å². The largest absolute Gasteiger partial charge is 0.477 e. The first-order chi connectivity index (χ1) is 9.04. The Morgan fingerprint density at radius 1 is 1.05 bits per heavy atom. The molecule has 0 aromatic rings. The summed E-state index contributed by atoms with van der Waals surface area (Å²) in [6, 6.07) is 0. The second-order valence-electron chi connectivity index (χ2n) is 6.43. The van der Waals surface area contributed by atoms with Crippen LogP contribution >= 0.6 is 0 Å². The van der Waals surface area contributed by atoms with E-state index >= 15 is 0 Å². The van der Waals surface area contributed by atoms with Crippen molar-refractivity contribution in [2.75, 3.05) is 0 Å². The fraction of sp³-hybridized carbons (Fsp3) is 0.786. The Balaban J connectivity index is 1.84. The zero-order chi connectivity index (χ0) is 13.6. The molecule has 0 spiro atoms. The minimum Gasteiger partial charge on any atom is -0.477 e. The zero-order valence-electron chi connectivity index (χ0n) is 11.1. The predicted octanol–water partition coefficient (Wildman–Crippen LogP) is 1.64. The fourth-order valence-corrected chi connectivity index (χ4v) is 4.78. The van der Waals surface area contributed by atoms with Gasteiger partial charge in [0.25, 0.3) is 0 Å². The van der Waals surface area contributed by atoms with Crippen LogP contribution in [0.25, 0.3) is 0 Å². The van der Waals surface area contributed by atoms with Crippen LogP contribution in [0.15, 0.2) is 5.10 Å². The Bertz CT molecular complexity index is 416. The van der Waals surface area contributed by atoms with Crippen molar-refractivity contribution in [1.29, 1.82) is 0 Å². The lowest BCUT2D eigenvalue weighted by atomic mass is 9.51. The van der Waals surface area contributed by atoms with E-state index in [-0.39, 0.29) is 17.5 Å². The van der Waals surface area contributed by atoms with Gasteiger partial charge in [-0.05, 0) is 55.8 Å². The van der Waals surface area contributed by atoms with Crippen LogP contribution in [0.5, 0.6) is 0 Å². The molecular formula is C14H20N2O3. The van der Waals surface area contributed by atoms with Crippen LogP contribution in [-0.2, 0) is 9.59 Å². The molecule has 4 saturated carbocycles. The normalized spacial score (nSPS) is 40.3. The second kappa shape index (κ2) is 4.62. The van der Waals surface area contributed by atoms with Crippen molar-refractivity contribution in [3.05, 3.63) is 0 Å². The molecule has 0 aliphatic heterocycles. The van der Waals surface area contributed by atoms with Crippen molar-refractivity contribution >= 4 is 17.6 Å². The second-order valence-corrected chi connectivity index (χ2v) is 6.43. The Kier molecular flexibility index (Phi) is 3.07. The molecule has 0 aromatic heterocycles. The van der Waals surface area contributed by atoms with Gasteiger partial charge in [-0.1, -0.05) is 0 Å². The maximum atomic E-state index is 11.5. The number of nitrogens with zero attached hydrogens (tertiary/aromatic N) is 1. The maximum Gasteiger partial charge on any atom is 0.352 e. The van der Waals surface area contributed by atoms with Crippen molar-refractivity contribution in [2.24, 2.45) is 34.7 Å². The number of amides is 1. The maximum absolute atomic E-state index is 11.5. The smallest absolute Gasteiger partial charge is 0.352 e. The van der Waals surface area contributed by atoms with Gasteiger partial charge in [0.05, 0.1) is 0 Å². The van der Waals surface area contributed by atoms with Crippen LogP contribution in [0, 0.1) is 29.6 Å². The molecule has 0 atom stereocenters. The highest BCUT2D eigenvalue weighted by molar-refractivity contribution is 6.36. The number of hydrazone groups is 1. The van der Waals surface area contributed by atoms with Crippen molar-refractivity contribution in [3.63, 3.8) is 0 Å². The first kappa shape index (κ1) is 12.6. The highest BCUT2D eigenvalue weighted by Crippen LogP contribution is 2.56. The van der Waals surface area contributed by atoms with Gasteiger partial charge >= 0.3 is 5.97 Å². The number of carboxylic acid groups (broad SMARTS) is 1. The highest BCUT2D eigenvalue weighted by atomic mass is 16.4. The summed E-state index contributed by atoms with van der Waals surface area (Å²) in [5, 5.41) is 13.3. The first-order valence-electron chi connectivity index (χ1n) is 7.12. The molecule has 0 aromatic carbocycles. The van der Waals surface area contributed by atoms with E-state index in [1.165, 1.54) is 13.3 Å². The third-order valence-corrected chi connectivity index (χ3v) is 5.10. The van der Waals surface area contributed by atoms with Crippen LogP contribution in [0.2, 0.25) is 0 Å². The molecule has 4 aliphatic rings. The lowest BCUT2D eigenvalue weighted by Crippen LogP contribution is -2.50. The molecule has 4 bridgehead atoms. The quantitative estimate of drug-likeness (QED) is 0.600. The Morgan fingerprint density at radius 2 is 1.58 bits per heavy atom. The molecule has 4 rings (SSSR count). The molecule has 5 heteroatoms. The molecule has 5 nitrogen and oxygen atoms in total. The minimum atomic E-state index is -0.980. The topological polar surface area (TPSA) is 78.8 Å². The van der Waals surface area contributed by atoms with Crippen LogP contribution < -0.4 is 5.43 Å². The summed E-state index contributed by atoms with van der Waals surface area (Å²) >= 11 is 0. The van der Waals surface area contributed by atoms with E-state index in [2.05, 4.69) is 10.5 Å². The van der Waals surface area contributed by atoms with Crippen LogP contribution in [0.4, 0.5) is 0 Å². The van der Waals surface area contributed by atoms with Gasteiger partial charge in [-0.2, -0.15) is 5.10 Å². The molecule has 104 valence electrons. The molecule has 0 unspecified atom stereocenters. The molecule has 4 fully saturated rings. The van der Waals surface area contributed by atoms with Gasteiger partial charge in [-0.15, -0.1) is 0 Å².